The maximum atomic E-state index is 11.3. The van der Waals surface area contributed by atoms with Crippen LogP contribution in [0.1, 0.15) is 5.56 Å². The van der Waals surface area contributed by atoms with Crippen molar-refractivity contribution < 1.29 is 8.42 Å². The Balaban J connectivity index is 2.08. The second kappa shape index (κ2) is 5.40. The minimum Gasteiger partial charge on any atom is -0.315 e. The Labute approximate surface area is 129 Å². The van der Waals surface area contributed by atoms with Crippen molar-refractivity contribution in [3.05, 3.63) is 66.5 Å². The van der Waals surface area contributed by atoms with Crippen LogP contribution in [-0.4, -0.2) is 18.0 Å². The lowest BCUT2D eigenvalue weighted by Crippen LogP contribution is -2.12. The molecule has 1 aromatic carbocycles. The number of benzene rings is 1. The lowest BCUT2D eigenvalue weighted by atomic mass is 10.1. The summed E-state index contributed by atoms with van der Waals surface area (Å²) in [5.74, 6) is 0. The quantitative estimate of drug-likeness (QED) is 0.807. The highest BCUT2D eigenvalue weighted by molar-refractivity contribution is 7.89. The van der Waals surface area contributed by atoms with Crippen LogP contribution in [0.3, 0.4) is 0 Å². The molecular weight excluding hydrogens is 298 g/mol. The molecule has 0 saturated carbocycles. The summed E-state index contributed by atoms with van der Waals surface area (Å²) in [5.41, 5.74) is 3.76. The van der Waals surface area contributed by atoms with Crippen LogP contribution in [0.4, 0.5) is 0 Å². The van der Waals surface area contributed by atoms with E-state index in [1.54, 1.807) is 18.3 Å². The van der Waals surface area contributed by atoms with Gasteiger partial charge in [0.25, 0.3) is 0 Å². The summed E-state index contributed by atoms with van der Waals surface area (Å²) in [6.07, 6.45) is 3.67. The van der Waals surface area contributed by atoms with Gasteiger partial charge in [0.05, 0.1) is 16.3 Å². The van der Waals surface area contributed by atoms with E-state index in [4.69, 9.17) is 5.14 Å². The summed E-state index contributed by atoms with van der Waals surface area (Å²) < 4.78 is 24.6. The van der Waals surface area contributed by atoms with Gasteiger partial charge < -0.3 is 4.57 Å². The zero-order valence-electron chi connectivity index (χ0n) is 12.0. The molecule has 112 valence electrons. The largest absolute Gasteiger partial charge is 0.315 e. The Morgan fingerprint density at radius 1 is 1.05 bits per heavy atom. The molecule has 0 atom stereocenters. The Kier molecular flexibility index (Phi) is 3.56. The molecule has 2 aromatic heterocycles. The van der Waals surface area contributed by atoms with Gasteiger partial charge in [-0.25, -0.2) is 13.6 Å². The molecule has 0 fully saturated rings. The summed E-state index contributed by atoms with van der Waals surface area (Å²) >= 11 is 0. The molecule has 0 aliphatic heterocycles. The van der Waals surface area contributed by atoms with E-state index in [0.29, 0.717) is 0 Å². The molecule has 6 heteroatoms. The van der Waals surface area contributed by atoms with Gasteiger partial charge in [0.1, 0.15) is 0 Å². The van der Waals surface area contributed by atoms with Gasteiger partial charge >= 0.3 is 0 Å². The third-order valence-corrected chi connectivity index (χ3v) is 4.37. The summed E-state index contributed by atoms with van der Waals surface area (Å²) in [4.78, 5) is 4.52. The number of nitrogens with zero attached hydrogens (tertiary/aromatic N) is 2. The molecule has 2 N–H and O–H groups in total. The highest BCUT2D eigenvalue weighted by atomic mass is 32.2. The fourth-order valence-corrected chi connectivity index (χ4v) is 2.86. The SMILES string of the molecule is Cc1cccnc1-c1cccn1-c1ccc(S(N)(=O)=O)cc1. The number of nitrogens with two attached hydrogens (primary N) is 1. The minimum absolute atomic E-state index is 0.0963. The van der Waals surface area contributed by atoms with Gasteiger partial charge in [0.15, 0.2) is 0 Å². The number of rotatable bonds is 3. The van der Waals surface area contributed by atoms with Gasteiger partial charge in [-0.2, -0.15) is 0 Å². The van der Waals surface area contributed by atoms with Crippen molar-refractivity contribution in [2.24, 2.45) is 5.14 Å². The van der Waals surface area contributed by atoms with Crippen LogP contribution < -0.4 is 5.14 Å². The van der Waals surface area contributed by atoms with Gasteiger partial charge in [-0.3, -0.25) is 4.98 Å². The van der Waals surface area contributed by atoms with Crippen molar-refractivity contribution in [3.8, 4) is 17.1 Å². The molecule has 0 bridgehead atoms. The first-order valence-corrected chi connectivity index (χ1v) is 8.24. The van der Waals surface area contributed by atoms with Gasteiger partial charge in [-0.15, -0.1) is 0 Å². The van der Waals surface area contributed by atoms with Crippen molar-refractivity contribution in [1.29, 1.82) is 0 Å². The highest BCUT2D eigenvalue weighted by Crippen LogP contribution is 2.25. The van der Waals surface area contributed by atoms with E-state index in [1.807, 2.05) is 42.0 Å². The average Bonchev–Trinajstić information content (AvgIpc) is 2.96. The number of hydrogen-bond donors (Lipinski definition) is 1. The molecule has 0 saturated heterocycles. The van der Waals surface area contributed by atoms with E-state index in [2.05, 4.69) is 4.98 Å². The van der Waals surface area contributed by atoms with Crippen LogP contribution in [0, 0.1) is 6.92 Å². The van der Waals surface area contributed by atoms with E-state index in [1.165, 1.54) is 12.1 Å². The molecule has 2 heterocycles. The molecule has 5 nitrogen and oxygen atoms in total. The number of aromatic nitrogens is 2. The number of primary sulfonamides is 1. The van der Waals surface area contributed by atoms with Crippen LogP contribution in [0.5, 0.6) is 0 Å². The van der Waals surface area contributed by atoms with Gasteiger partial charge in [0, 0.05) is 18.1 Å². The van der Waals surface area contributed by atoms with Crippen molar-refractivity contribution in [2.75, 3.05) is 0 Å². The van der Waals surface area contributed by atoms with Crippen LogP contribution >= 0.6 is 0 Å². The van der Waals surface area contributed by atoms with E-state index in [-0.39, 0.29) is 4.90 Å². The van der Waals surface area contributed by atoms with Crippen LogP contribution in [0.25, 0.3) is 17.1 Å². The molecule has 0 aliphatic carbocycles. The monoisotopic (exact) mass is 313 g/mol. The van der Waals surface area contributed by atoms with Crippen LogP contribution in [0.15, 0.2) is 65.8 Å². The molecule has 3 rings (SSSR count). The summed E-state index contributed by atoms with van der Waals surface area (Å²) in [6, 6.07) is 14.2. The third-order valence-electron chi connectivity index (χ3n) is 3.44. The lowest BCUT2D eigenvalue weighted by molar-refractivity contribution is 0.598. The van der Waals surface area contributed by atoms with Crippen LogP contribution in [-0.2, 0) is 10.0 Å². The number of aryl methyl sites for hydroxylation is 1. The predicted molar refractivity (Wildman–Crippen MR) is 85.1 cm³/mol. The smallest absolute Gasteiger partial charge is 0.238 e. The first-order chi connectivity index (χ1) is 10.5. The minimum atomic E-state index is -3.68. The molecule has 0 amide bonds. The Bertz CT molecular complexity index is 913. The lowest BCUT2D eigenvalue weighted by Gasteiger charge is -2.11. The fourth-order valence-electron chi connectivity index (χ4n) is 2.35. The molecule has 3 aromatic rings. The van der Waals surface area contributed by atoms with Gasteiger partial charge in [-0.05, 0) is 55.0 Å². The Morgan fingerprint density at radius 3 is 2.41 bits per heavy atom. The highest BCUT2D eigenvalue weighted by Gasteiger charge is 2.11. The number of hydrogen-bond acceptors (Lipinski definition) is 3. The molecule has 0 spiro atoms. The second-order valence-electron chi connectivity index (χ2n) is 4.97. The zero-order valence-corrected chi connectivity index (χ0v) is 12.8. The van der Waals surface area contributed by atoms with Crippen molar-refractivity contribution in [3.63, 3.8) is 0 Å². The average molecular weight is 313 g/mol. The molecule has 0 unspecified atom stereocenters. The van der Waals surface area contributed by atoms with Gasteiger partial charge in [0.2, 0.25) is 10.0 Å². The standard InChI is InChI=1S/C16H15N3O2S/c1-12-4-2-10-18-16(12)15-5-3-11-19(15)13-6-8-14(9-7-13)22(17,20)21/h2-11H,1H3,(H2,17,20,21). The fraction of sp³-hybridized carbons (Fsp3) is 0.0625. The van der Waals surface area contributed by atoms with Crippen molar-refractivity contribution in [1.82, 2.24) is 9.55 Å². The normalized spacial score (nSPS) is 11.5. The summed E-state index contributed by atoms with van der Waals surface area (Å²) in [7, 11) is -3.68. The van der Waals surface area contributed by atoms with E-state index in [9.17, 15) is 8.42 Å². The zero-order chi connectivity index (χ0) is 15.7. The van der Waals surface area contributed by atoms with Gasteiger partial charge in [-0.1, -0.05) is 6.07 Å². The first kappa shape index (κ1) is 14.5. The number of pyridine rings is 1. The van der Waals surface area contributed by atoms with E-state index >= 15 is 0 Å². The number of sulfonamides is 1. The molecule has 0 radical (unpaired) electrons. The van der Waals surface area contributed by atoms with E-state index in [0.717, 1.165) is 22.6 Å². The van der Waals surface area contributed by atoms with Crippen molar-refractivity contribution >= 4 is 10.0 Å². The summed E-state index contributed by atoms with van der Waals surface area (Å²) in [5, 5.41) is 5.12. The Morgan fingerprint density at radius 2 is 1.77 bits per heavy atom. The predicted octanol–water partition coefficient (Wildman–Crippen LogP) is 2.50. The first-order valence-electron chi connectivity index (χ1n) is 6.69. The maximum absolute atomic E-state index is 11.3. The topological polar surface area (TPSA) is 78.0 Å². The maximum Gasteiger partial charge on any atom is 0.238 e. The van der Waals surface area contributed by atoms with Crippen LogP contribution in [0.2, 0.25) is 0 Å². The molecular formula is C16H15N3O2S. The second-order valence-corrected chi connectivity index (χ2v) is 6.53. The Hall–Kier alpha value is -2.44. The van der Waals surface area contributed by atoms with E-state index < -0.39 is 10.0 Å². The summed E-state index contributed by atoms with van der Waals surface area (Å²) in [6.45, 7) is 2.00. The third kappa shape index (κ3) is 2.66. The molecule has 0 aliphatic rings. The molecule has 22 heavy (non-hydrogen) atoms. The van der Waals surface area contributed by atoms with Crippen molar-refractivity contribution in [2.45, 2.75) is 11.8 Å².